The lowest BCUT2D eigenvalue weighted by Crippen LogP contribution is -2.06. The first-order chi connectivity index (χ1) is 2.27. The molecule has 0 aliphatic heterocycles. The first-order valence-corrected chi connectivity index (χ1v) is 2.16. The normalized spacial score (nSPS) is 8.00. The first kappa shape index (κ1) is 9.78. The standard InChI is InChI=1S/C3H9NS.ClH/c1-4(2)3-5;/h5H,3H2,1-2H3;1H. The largest absolute Gasteiger partial charge is 0.300 e. The summed E-state index contributed by atoms with van der Waals surface area (Å²) in [7, 11) is 3.96. The van der Waals surface area contributed by atoms with Gasteiger partial charge in [0.05, 0.1) is 0 Å². The molecule has 0 aromatic carbocycles. The third kappa shape index (κ3) is 8.82. The van der Waals surface area contributed by atoms with Crippen molar-refractivity contribution >= 4 is 25.0 Å². The SMILES string of the molecule is CN(C)CS.Cl. The molecule has 0 amide bonds. The second kappa shape index (κ2) is 5.60. The molecule has 0 bridgehead atoms. The van der Waals surface area contributed by atoms with Gasteiger partial charge in [-0.2, -0.15) is 12.6 Å². The molecule has 0 aromatic heterocycles. The van der Waals surface area contributed by atoms with E-state index in [-0.39, 0.29) is 12.4 Å². The molecule has 0 saturated carbocycles. The molecule has 0 radical (unpaired) electrons. The number of nitrogens with zero attached hydrogens (tertiary/aromatic N) is 1. The van der Waals surface area contributed by atoms with Gasteiger partial charge < -0.3 is 4.90 Å². The molecule has 0 unspecified atom stereocenters. The van der Waals surface area contributed by atoms with E-state index in [0.29, 0.717) is 0 Å². The summed E-state index contributed by atoms with van der Waals surface area (Å²) in [5.74, 6) is 0.833. The number of hydrogen-bond acceptors (Lipinski definition) is 2. The highest BCUT2D eigenvalue weighted by Gasteiger charge is 1.72. The summed E-state index contributed by atoms with van der Waals surface area (Å²) < 4.78 is 0. The summed E-state index contributed by atoms with van der Waals surface area (Å²) in [5, 5.41) is 0. The molecular formula is C3H10ClNS. The van der Waals surface area contributed by atoms with E-state index in [1.807, 2.05) is 19.0 Å². The van der Waals surface area contributed by atoms with Crippen molar-refractivity contribution in [3.63, 3.8) is 0 Å². The minimum absolute atomic E-state index is 0. The summed E-state index contributed by atoms with van der Waals surface area (Å²) in [4.78, 5) is 1.99. The molecule has 0 fully saturated rings. The highest BCUT2D eigenvalue weighted by Crippen LogP contribution is 1.72. The lowest BCUT2D eigenvalue weighted by Gasteiger charge is -1.99. The zero-order valence-electron chi connectivity index (χ0n) is 4.01. The maximum atomic E-state index is 3.94. The van der Waals surface area contributed by atoms with E-state index < -0.39 is 0 Å². The molecule has 40 valence electrons. The Bertz CT molecular complexity index is 24.8. The molecule has 0 heterocycles. The first-order valence-electron chi connectivity index (χ1n) is 1.53. The highest BCUT2D eigenvalue weighted by atomic mass is 35.5. The van der Waals surface area contributed by atoms with E-state index in [9.17, 15) is 0 Å². The Morgan fingerprint density at radius 1 is 1.50 bits per heavy atom. The van der Waals surface area contributed by atoms with Gasteiger partial charge in [0.2, 0.25) is 0 Å². The van der Waals surface area contributed by atoms with Gasteiger partial charge in [-0.15, -0.1) is 12.4 Å². The molecule has 0 N–H and O–H groups in total. The molecule has 0 rings (SSSR count). The van der Waals surface area contributed by atoms with E-state index in [1.54, 1.807) is 0 Å². The van der Waals surface area contributed by atoms with Crippen LogP contribution in [0.3, 0.4) is 0 Å². The van der Waals surface area contributed by atoms with Gasteiger partial charge in [-0.05, 0) is 14.1 Å². The van der Waals surface area contributed by atoms with Gasteiger partial charge in [-0.25, -0.2) is 0 Å². The van der Waals surface area contributed by atoms with Crippen molar-refractivity contribution in [2.45, 2.75) is 0 Å². The van der Waals surface area contributed by atoms with E-state index >= 15 is 0 Å². The van der Waals surface area contributed by atoms with Gasteiger partial charge >= 0.3 is 0 Å². The van der Waals surface area contributed by atoms with Crippen molar-refractivity contribution in [2.75, 3.05) is 20.0 Å². The topological polar surface area (TPSA) is 3.24 Å². The minimum atomic E-state index is 0. The van der Waals surface area contributed by atoms with E-state index in [4.69, 9.17) is 0 Å². The Morgan fingerprint density at radius 3 is 1.67 bits per heavy atom. The van der Waals surface area contributed by atoms with Crippen LogP contribution in [-0.2, 0) is 0 Å². The van der Waals surface area contributed by atoms with Crippen molar-refractivity contribution in [2.24, 2.45) is 0 Å². The Labute approximate surface area is 50.5 Å². The van der Waals surface area contributed by atoms with Crippen LogP contribution in [0, 0.1) is 0 Å². The van der Waals surface area contributed by atoms with Gasteiger partial charge in [0.25, 0.3) is 0 Å². The van der Waals surface area contributed by atoms with Crippen LogP contribution in [-0.4, -0.2) is 24.9 Å². The van der Waals surface area contributed by atoms with Crippen LogP contribution >= 0.6 is 25.0 Å². The maximum absolute atomic E-state index is 3.94. The zero-order chi connectivity index (χ0) is 4.28. The number of rotatable bonds is 1. The van der Waals surface area contributed by atoms with Gasteiger partial charge in [0.15, 0.2) is 0 Å². The second-order valence-corrected chi connectivity index (χ2v) is 1.50. The average molecular weight is 128 g/mol. The smallest absolute Gasteiger partial charge is 0.0408 e. The second-order valence-electron chi connectivity index (χ2n) is 1.22. The van der Waals surface area contributed by atoms with Gasteiger partial charge in [0.1, 0.15) is 0 Å². The molecule has 0 saturated heterocycles. The Balaban J connectivity index is 0. The molecule has 0 aliphatic rings. The quantitative estimate of drug-likeness (QED) is 0.404. The summed E-state index contributed by atoms with van der Waals surface area (Å²) in [5.41, 5.74) is 0. The molecule has 1 nitrogen and oxygen atoms in total. The average Bonchev–Trinajstić information content (AvgIpc) is 1.38. The van der Waals surface area contributed by atoms with Crippen molar-refractivity contribution in [3.8, 4) is 0 Å². The van der Waals surface area contributed by atoms with Crippen LogP contribution in [0.1, 0.15) is 0 Å². The third-order valence-corrected chi connectivity index (χ3v) is 0.849. The van der Waals surface area contributed by atoms with Gasteiger partial charge in [-0.3, -0.25) is 0 Å². The van der Waals surface area contributed by atoms with Gasteiger partial charge in [-0.1, -0.05) is 0 Å². The van der Waals surface area contributed by atoms with E-state index in [0.717, 1.165) is 5.88 Å². The van der Waals surface area contributed by atoms with Crippen molar-refractivity contribution < 1.29 is 0 Å². The predicted molar refractivity (Wildman–Crippen MR) is 34.8 cm³/mol. The fraction of sp³-hybridized carbons (Fsp3) is 1.00. The number of halogens is 1. The molecule has 6 heavy (non-hydrogen) atoms. The summed E-state index contributed by atoms with van der Waals surface area (Å²) in [6, 6.07) is 0. The lowest BCUT2D eigenvalue weighted by molar-refractivity contribution is 0.487. The van der Waals surface area contributed by atoms with Crippen LogP contribution in [0.15, 0.2) is 0 Å². The van der Waals surface area contributed by atoms with Crippen LogP contribution in [0.4, 0.5) is 0 Å². The summed E-state index contributed by atoms with van der Waals surface area (Å²) in [6.45, 7) is 0. The van der Waals surface area contributed by atoms with Crippen LogP contribution in [0.2, 0.25) is 0 Å². The summed E-state index contributed by atoms with van der Waals surface area (Å²) in [6.07, 6.45) is 0. The fourth-order valence-corrected chi connectivity index (χ4v) is 0. The monoisotopic (exact) mass is 127 g/mol. The Kier molecular flexibility index (Phi) is 9.13. The Hall–Kier alpha value is 0.600. The Morgan fingerprint density at radius 2 is 1.67 bits per heavy atom. The maximum Gasteiger partial charge on any atom is 0.0408 e. The van der Waals surface area contributed by atoms with Crippen molar-refractivity contribution in [3.05, 3.63) is 0 Å². The third-order valence-electron chi connectivity index (χ3n) is 0.283. The van der Waals surface area contributed by atoms with Crippen LogP contribution < -0.4 is 0 Å². The van der Waals surface area contributed by atoms with E-state index in [2.05, 4.69) is 12.6 Å². The van der Waals surface area contributed by atoms with Crippen molar-refractivity contribution in [1.82, 2.24) is 4.90 Å². The molecule has 3 heteroatoms. The van der Waals surface area contributed by atoms with Crippen molar-refractivity contribution in [1.29, 1.82) is 0 Å². The number of thiol groups is 1. The molecule has 0 spiro atoms. The number of hydrogen-bond donors (Lipinski definition) is 1. The van der Waals surface area contributed by atoms with Crippen LogP contribution in [0.5, 0.6) is 0 Å². The summed E-state index contributed by atoms with van der Waals surface area (Å²) >= 11 is 3.94. The van der Waals surface area contributed by atoms with Crippen LogP contribution in [0.25, 0.3) is 0 Å². The highest BCUT2D eigenvalue weighted by molar-refractivity contribution is 7.80. The predicted octanol–water partition coefficient (Wildman–Crippen LogP) is 0.857. The van der Waals surface area contributed by atoms with Gasteiger partial charge in [0, 0.05) is 5.88 Å². The molecule has 0 aromatic rings. The lowest BCUT2D eigenvalue weighted by atomic mass is 11.0. The zero-order valence-corrected chi connectivity index (χ0v) is 5.72. The minimum Gasteiger partial charge on any atom is -0.300 e. The molecule has 0 aliphatic carbocycles. The van der Waals surface area contributed by atoms with E-state index in [1.165, 1.54) is 0 Å². The fourth-order valence-electron chi connectivity index (χ4n) is 0. The molecule has 0 atom stereocenters. The molecular weight excluding hydrogens is 118 g/mol.